The molecule has 4 rings (SSSR count). The lowest BCUT2D eigenvalue weighted by Crippen LogP contribution is -2.62. The molecular formula is C26H48N6OS. The molecule has 3 aliphatic heterocycles. The number of amides is 1. The Labute approximate surface area is 211 Å². The van der Waals surface area contributed by atoms with Crippen molar-refractivity contribution in [3.05, 3.63) is 11.3 Å². The molecule has 1 saturated carbocycles. The Bertz CT molecular complexity index is 725. The molecule has 0 aromatic heterocycles. The number of nitrogens with two attached hydrogens (primary N) is 1. The van der Waals surface area contributed by atoms with Crippen LogP contribution in [0.4, 0.5) is 0 Å². The molecule has 1 amide bonds. The first-order chi connectivity index (χ1) is 16.3. The van der Waals surface area contributed by atoms with E-state index in [-0.39, 0.29) is 11.4 Å². The van der Waals surface area contributed by atoms with Crippen LogP contribution < -0.4 is 11.3 Å². The lowest BCUT2D eigenvalue weighted by Gasteiger charge is -2.52. The van der Waals surface area contributed by atoms with Crippen LogP contribution in [0.1, 0.15) is 72.6 Å². The zero-order chi connectivity index (χ0) is 24.3. The smallest absolute Gasteiger partial charge is 0.251 e. The van der Waals surface area contributed by atoms with Gasteiger partial charge in [0.2, 0.25) is 0 Å². The topological polar surface area (TPSA) is 68.1 Å². The first kappa shape index (κ1) is 26.3. The minimum absolute atomic E-state index is 0.153. The molecule has 3 saturated heterocycles. The van der Waals surface area contributed by atoms with Gasteiger partial charge in [0.05, 0.1) is 0 Å². The van der Waals surface area contributed by atoms with Crippen LogP contribution in [0.15, 0.2) is 11.3 Å². The molecule has 0 radical (unpaired) electrons. The molecule has 3 heterocycles. The first-order valence-corrected chi connectivity index (χ1v) is 14.5. The Balaban J connectivity index is 1.23. The zero-order valence-electron chi connectivity index (χ0n) is 22.0. The van der Waals surface area contributed by atoms with Crippen LogP contribution in [0, 0.1) is 5.92 Å². The summed E-state index contributed by atoms with van der Waals surface area (Å²) in [6.07, 6.45) is 8.40. The van der Waals surface area contributed by atoms with Crippen molar-refractivity contribution >= 4 is 17.9 Å². The van der Waals surface area contributed by atoms with Crippen molar-refractivity contribution < 1.29 is 4.79 Å². The predicted molar refractivity (Wildman–Crippen MR) is 142 cm³/mol. The van der Waals surface area contributed by atoms with Gasteiger partial charge in [-0.1, -0.05) is 18.9 Å². The maximum Gasteiger partial charge on any atom is 0.251 e. The van der Waals surface area contributed by atoms with Crippen LogP contribution in [0.5, 0.6) is 0 Å². The van der Waals surface area contributed by atoms with Crippen molar-refractivity contribution in [2.45, 2.75) is 89.5 Å². The van der Waals surface area contributed by atoms with E-state index in [1.807, 2.05) is 18.7 Å². The Morgan fingerprint density at radius 2 is 1.74 bits per heavy atom. The number of likely N-dealkylation sites (tertiary alicyclic amines) is 1. The molecule has 1 unspecified atom stereocenters. The number of piperazine rings is 1. The van der Waals surface area contributed by atoms with Gasteiger partial charge in [-0.15, -0.1) is 0 Å². The molecule has 0 aromatic rings. The molecule has 194 valence electrons. The predicted octanol–water partition coefficient (Wildman–Crippen LogP) is 3.04. The number of nitrogens with zero attached hydrogens (tertiary/aromatic N) is 4. The average Bonchev–Trinajstić information content (AvgIpc) is 3.66. The van der Waals surface area contributed by atoms with Gasteiger partial charge in [-0.25, -0.2) is 0 Å². The second-order valence-corrected chi connectivity index (χ2v) is 12.8. The summed E-state index contributed by atoms with van der Waals surface area (Å²) >= 11 is 2.14. The summed E-state index contributed by atoms with van der Waals surface area (Å²) < 4.78 is 2.64. The maximum absolute atomic E-state index is 13.0. The molecule has 7 nitrogen and oxygen atoms in total. The Hall–Kier alpha value is -0.800. The quantitative estimate of drug-likeness (QED) is 0.234. The van der Waals surface area contributed by atoms with E-state index < -0.39 is 0 Å². The van der Waals surface area contributed by atoms with E-state index in [4.69, 9.17) is 5.84 Å². The highest BCUT2D eigenvalue weighted by Crippen LogP contribution is 2.38. The largest absolute Gasteiger partial charge is 0.339 e. The van der Waals surface area contributed by atoms with Crippen molar-refractivity contribution in [3.8, 4) is 0 Å². The lowest BCUT2D eigenvalue weighted by atomic mass is 9.86. The fraction of sp³-hybridized carbons (Fsp3) is 0.885. The van der Waals surface area contributed by atoms with E-state index in [1.165, 1.54) is 51.9 Å². The number of hydrazine groups is 1. The van der Waals surface area contributed by atoms with Gasteiger partial charge in [0.15, 0.2) is 0 Å². The Morgan fingerprint density at radius 1 is 1.06 bits per heavy atom. The van der Waals surface area contributed by atoms with Crippen LogP contribution >= 0.6 is 11.9 Å². The zero-order valence-corrected chi connectivity index (χ0v) is 22.8. The van der Waals surface area contributed by atoms with E-state index in [0.29, 0.717) is 12.5 Å². The molecule has 4 fully saturated rings. The highest BCUT2D eigenvalue weighted by atomic mass is 32.2. The summed E-state index contributed by atoms with van der Waals surface area (Å²) in [4.78, 5) is 20.5. The van der Waals surface area contributed by atoms with Crippen LogP contribution in [-0.2, 0) is 4.79 Å². The molecule has 1 aliphatic carbocycles. The molecule has 0 bridgehead atoms. The summed E-state index contributed by atoms with van der Waals surface area (Å²) in [5.74, 6) is 6.59. The minimum Gasteiger partial charge on any atom is -0.339 e. The standard InChI is InChI=1S/C26H48N6OS/c1-5-24(21(3)28-27)25(33)29-14-10-26(4,11-15-29)31-17-16-30(20(2)18-31)19-22-8-12-32(13-9-22)34-23-6-7-23/h20,22-23,28H,5-19,27H2,1-4H3/b24-21+. The molecule has 4 aliphatic rings. The number of piperidine rings is 2. The third-order valence-electron chi connectivity index (χ3n) is 8.83. The molecule has 0 spiro atoms. The number of allylic oxidation sites excluding steroid dienone is 1. The van der Waals surface area contributed by atoms with Crippen LogP contribution in [0.2, 0.25) is 0 Å². The molecule has 34 heavy (non-hydrogen) atoms. The van der Waals surface area contributed by atoms with Crippen molar-refractivity contribution in [2.75, 3.05) is 52.4 Å². The van der Waals surface area contributed by atoms with E-state index in [9.17, 15) is 4.79 Å². The number of carbonyl (C=O) groups excluding carboxylic acids is 1. The van der Waals surface area contributed by atoms with Crippen LogP contribution in [0.25, 0.3) is 0 Å². The molecule has 3 N–H and O–H groups in total. The second-order valence-electron chi connectivity index (χ2n) is 11.4. The molecular weight excluding hydrogens is 444 g/mol. The average molecular weight is 493 g/mol. The summed E-state index contributed by atoms with van der Waals surface area (Å²) in [7, 11) is 0. The van der Waals surface area contributed by atoms with Gasteiger partial charge in [-0.2, -0.15) is 0 Å². The fourth-order valence-electron chi connectivity index (χ4n) is 6.03. The van der Waals surface area contributed by atoms with Crippen LogP contribution in [0.3, 0.4) is 0 Å². The molecule has 0 aromatic carbocycles. The van der Waals surface area contributed by atoms with Gasteiger partial charge >= 0.3 is 0 Å². The van der Waals surface area contributed by atoms with Crippen molar-refractivity contribution in [1.82, 2.24) is 24.4 Å². The third kappa shape index (κ3) is 6.30. The number of nitrogens with one attached hydrogen (secondary N) is 1. The summed E-state index contributed by atoms with van der Waals surface area (Å²) in [5.41, 5.74) is 4.46. The van der Waals surface area contributed by atoms with Gasteiger partial charge in [-0.3, -0.25) is 24.7 Å². The molecule has 8 heteroatoms. The summed E-state index contributed by atoms with van der Waals surface area (Å²) in [6.45, 7) is 17.8. The summed E-state index contributed by atoms with van der Waals surface area (Å²) in [5, 5.41) is 0.938. The summed E-state index contributed by atoms with van der Waals surface area (Å²) in [6, 6.07) is 0.608. The van der Waals surface area contributed by atoms with Crippen LogP contribution in [-0.4, -0.2) is 94.1 Å². The van der Waals surface area contributed by atoms with Gasteiger partial charge in [0, 0.05) is 80.5 Å². The normalized spacial score (nSPS) is 28.6. The molecule has 1 atom stereocenters. The highest BCUT2D eigenvalue weighted by molar-refractivity contribution is 7.97. The van der Waals surface area contributed by atoms with Gasteiger partial charge in [-0.05, 0) is 71.6 Å². The fourth-order valence-corrected chi connectivity index (χ4v) is 7.22. The van der Waals surface area contributed by atoms with E-state index in [2.05, 4.69) is 45.3 Å². The number of hydrogen-bond acceptors (Lipinski definition) is 7. The number of rotatable bonds is 8. The van der Waals surface area contributed by atoms with Gasteiger partial charge in [0.1, 0.15) is 0 Å². The van der Waals surface area contributed by atoms with Crippen molar-refractivity contribution in [3.63, 3.8) is 0 Å². The van der Waals surface area contributed by atoms with Gasteiger partial charge < -0.3 is 10.3 Å². The minimum atomic E-state index is 0.153. The van der Waals surface area contributed by atoms with Crippen molar-refractivity contribution in [1.29, 1.82) is 0 Å². The van der Waals surface area contributed by atoms with E-state index in [0.717, 1.165) is 61.5 Å². The highest BCUT2D eigenvalue weighted by Gasteiger charge is 2.40. The Kier molecular flexibility index (Phi) is 8.89. The third-order valence-corrected chi connectivity index (χ3v) is 10.3. The SMILES string of the molecule is CC/C(C(=O)N1CCC(C)(N2CCN(CC3CCN(SC4CC4)CC3)C(C)C2)CC1)=C(/C)NN. The number of carbonyl (C=O) groups is 1. The maximum atomic E-state index is 13.0. The van der Waals surface area contributed by atoms with Gasteiger partial charge in [0.25, 0.3) is 5.91 Å². The van der Waals surface area contributed by atoms with E-state index in [1.54, 1.807) is 0 Å². The Morgan fingerprint density at radius 3 is 2.29 bits per heavy atom. The van der Waals surface area contributed by atoms with Crippen molar-refractivity contribution in [2.24, 2.45) is 11.8 Å². The van der Waals surface area contributed by atoms with E-state index >= 15 is 0 Å². The monoisotopic (exact) mass is 492 g/mol. The number of hydrogen-bond donors (Lipinski definition) is 2. The lowest BCUT2D eigenvalue weighted by molar-refractivity contribution is -0.130. The first-order valence-electron chi connectivity index (χ1n) is 13.7. The second kappa shape index (κ2) is 11.5.